The summed E-state index contributed by atoms with van der Waals surface area (Å²) in [5, 5.41) is 8.81. The molecule has 1 aliphatic rings. The second-order valence-electron chi connectivity index (χ2n) is 8.07. The van der Waals surface area contributed by atoms with Crippen LogP contribution in [0, 0.1) is 13.8 Å². The van der Waals surface area contributed by atoms with Gasteiger partial charge in [-0.25, -0.2) is 14.5 Å². The number of benzene rings is 1. The number of rotatable bonds is 4. The maximum absolute atomic E-state index is 11.8. The molecular formula is C22H26N8O. The molecule has 0 unspecified atom stereocenters. The summed E-state index contributed by atoms with van der Waals surface area (Å²) in [7, 11) is 1.88. The van der Waals surface area contributed by atoms with Gasteiger partial charge in [-0.3, -0.25) is 9.69 Å². The molecule has 3 aromatic heterocycles. The van der Waals surface area contributed by atoms with Gasteiger partial charge in [0.15, 0.2) is 0 Å². The number of aromatic amines is 1. The summed E-state index contributed by atoms with van der Waals surface area (Å²) in [6.45, 7) is 8.49. The van der Waals surface area contributed by atoms with E-state index in [1.165, 1.54) is 11.3 Å². The lowest BCUT2D eigenvalue weighted by atomic mass is 10.1. The van der Waals surface area contributed by atoms with Crippen LogP contribution in [0.1, 0.15) is 16.8 Å². The number of fused-ring (bicyclic) bond motifs is 2. The Morgan fingerprint density at radius 2 is 1.94 bits per heavy atom. The predicted octanol–water partition coefficient (Wildman–Crippen LogP) is 1.95. The van der Waals surface area contributed by atoms with E-state index >= 15 is 0 Å². The van der Waals surface area contributed by atoms with E-state index in [1.807, 2.05) is 13.1 Å². The topological polar surface area (TPSA) is 94.5 Å². The van der Waals surface area contributed by atoms with E-state index in [-0.39, 0.29) is 5.56 Å². The van der Waals surface area contributed by atoms with Crippen molar-refractivity contribution in [2.45, 2.75) is 20.4 Å². The van der Waals surface area contributed by atoms with Crippen molar-refractivity contribution in [3.05, 3.63) is 57.9 Å². The number of piperazine rings is 1. The molecule has 0 atom stereocenters. The highest BCUT2D eigenvalue weighted by molar-refractivity contribution is 5.94. The third-order valence-electron chi connectivity index (χ3n) is 6.07. The van der Waals surface area contributed by atoms with Crippen LogP contribution in [0.3, 0.4) is 0 Å². The number of hydrogen-bond acceptors (Lipinski definition) is 7. The maximum Gasteiger partial charge on any atom is 0.254 e. The van der Waals surface area contributed by atoms with Gasteiger partial charge in [-0.2, -0.15) is 5.10 Å². The van der Waals surface area contributed by atoms with Crippen molar-refractivity contribution >= 4 is 28.1 Å². The minimum atomic E-state index is -0.0644. The first-order valence-corrected chi connectivity index (χ1v) is 10.5. The summed E-state index contributed by atoms with van der Waals surface area (Å²) in [6, 6.07) is 6.24. The molecule has 0 amide bonds. The van der Waals surface area contributed by atoms with Crippen molar-refractivity contribution in [3.8, 4) is 0 Å². The molecule has 5 rings (SSSR count). The van der Waals surface area contributed by atoms with E-state index in [1.54, 1.807) is 24.0 Å². The molecule has 0 aliphatic carbocycles. The smallest absolute Gasteiger partial charge is 0.254 e. The average Bonchev–Trinajstić information content (AvgIpc) is 3.15. The maximum atomic E-state index is 11.8. The van der Waals surface area contributed by atoms with Crippen LogP contribution in [0.25, 0.3) is 16.6 Å². The first kappa shape index (κ1) is 19.5. The van der Waals surface area contributed by atoms with Crippen LogP contribution in [0.5, 0.6) is 0 Å². The number of H-pyrrole nitrogens is 1. The van der Waals surface area contributed by atoms with E-state index < -0.39 is 0 Å². The summed E-state index contributed by atoms with van der Waals surface area (Å²) in [4.78, 5) is 28.4. The molecule has 1 fully saturated rings. The standard InChI is InChI=1S/C22H26N8O/c1-14-11-30-19(26-22(14)31)10-16(27-30)12-28-6-8-29(9-7-28)18-5-4-17-20(15(18)2)24-13-25-21(17)23-3/h4-5,10-11,13H,6-9,12H2,1-3H3,(H,26,31)(H,23,24,25). The van der Waals surface area contributed by atoms with Crippen LogP contribution < -0.4 is 15.8 Å². The second-order valence-corrected chi connectivity index (χ2v) is 8.07. The fraction of sp³-hybridized carbons (Fsp3) is 0.364. The van der Waals surface area contributed by atoms with Gasteiger partial charge < -0.3 is 15.2 Å². The predicted molar refractivity (Wildman–Crippen MR) is 122 cm³/mol. The molecule has 0 spiro atoms. The van der Waals surface area contributed by atoms with Crippen molar-refractivity contribution in [1.82, 2.24) is 29.5 Å². The summed E-state index contributed by atoms with van der Waals surface area (Å²) in [5.41, 5.74) is 5.71. The molecule has 9 nitrogen and oxygen atoms in total. The Morgan fingerprint density at radius 3 is 2.71 bits per heavy atom. The van der Waals surface area contributed by atoms with Gasteiger partial charge >= 0.3 is 0 Å². The van der Waals surface area contributed by atoms with Gasteiger partial charge in [0.1, 0.15) is 17.8 Å². The van der Waals surface area contributed by atoms with Gasteiger partial charge in [-0.15, -0.1) is 0 Å². The molecule has 4 heterocycles. The molecule has 0 saturated carbocycles. The largest absolute Gasteiger partial charge is 0.373 e. The van der Waals surface area contributed by atoms with Crippen LogP contribution in [0.2, 0.25) is 0 Å². The minimum absolute atomic E-state index is 0.0644. The number of anilines is 2. The van der Waals surface area contributed by atoms with Gasteiger partial charge in [0.25, 0.3) is 5.56 Å². The number of nitrogens with zero attached hydrogens (tertiary/aromatic N) is 6. The van der Waals surface area contributed by atoms with Crippen molar-refractivity contribution in [1.29, 1.82) is 0 Å². The third-order valence-corrected chi connectivity index (χ3v) is 6.07. The van der Waals surface area contributed by atoms with Crippen LogP contribution in [0.4, 0.5) is 11.5 Å². The van der Waals surface area contributed by atoms with Crippen molar-refractivity contribution in [2.75, 3.05) is 43.4 Å². The lowest BCUT2D eigenvalue weighted by Crippen LogP contribution is -2.46. The van der Waals surface area contributed by atoms with Crippen LogP contribution in [0.15, 0.2) is 35.5 Å². The van der Waals surface area contributed by atoms with Gasteiger partial charge in [0.05, 0.1) is 11.2 Å². The molecule has 9 heteroatoms. The Balaban J connectivity index is 1.30. The Bertz CT molecular complexity index is 1320. The highest BCUT2D eigenvalue weighted by atomic mass is 16.1. The molecule has 4 aromatic rings. The second kappa shape index (κ2) is 7.66. The molecule has 1 aromatic carbocycles. The Kier molecular flexibility index (Phi) is 4.82. The van der Waals surface area contributed by atoms with Gasteiger partial charge in [-0.05, 0) is 31.5 Å². The quantitative estimate of drug-likeness (QED) is 0.523. The Labute approximate surface area is 179 Å². The van der Waals surface area contributed by atoms with E-state index in [0.717, 1.165) is 60.8 Å². The first-order chi connectivity index (χ1) is 15.0. The van der Waals surface area contributed by atoms with Crippen molar-refractivity contribution in [3.63, 3.8) is 0 Å². The highest BCUT2D eigenvalue weighted by Crippen LogP contribution is 2.30. The summed E-state index contributed by atoms with van der Waals surface area (Å²) in [5.74, 6) is 0.855. The fourth-order valence-electron chi connectivity index (χ4n) is 4.35. The van der Waals surface area contributed by atoms with Crippen LogP contribution >= 0.6 is 0 Å². The molecule has 1 aliphatic heterocycles. The fourth-order valence-corrected chi connectivity index (χ4v) is 4.35. The van der Waals surface area contributed by atoms with Gasteiger partial charge in [-0.1, -0.05) is 0 Å². The van der Waals surface area contributed by atoms with Crippen molar-refractivity contribution in [2.24, 2.45) is 0 Å². The Morgan fingerprint density at radius 1 is 1.13 bits per heavy atom. The molecule has 31 heavy (non-hydrogen) atoms. The highest BCUT2D eigenvalue weighted by Gasteiger charge is 2.21. The number of aryl methyl sites for hydroxylation is 2. The molecule has 2 N–H and O–H groups in total. The normalized spacial score (nSPS) is 15.1. The monoisotopic (exact) mass is 418 g/mol. The molecule has 160 valence electrons. The van der Waals surface area contributed by atoms with Gasteiger partial charge in [0, 0.05) is 68.7 Å². The lowest BCUT2D eigenvalue weighted by molar-refractivity contribution is 0.247. The third kappa shape index (κ3) is 3.50. The van der Waals surface area contributed by atoms with Crippen LogP contribution in [-0.2, 0) is 6.54 Å². The summed E-state index contributed by atoms with van der Waals surface area (Å²) < 4.78 is 1.75. The Hall–Kier alpha value is -3.46. The minimum Gasteiger partial charge on any atom is -0.373 e. The average molecular weight is 419 g/mol. The molecule has 0 bridgehead atoms. The van der Waals surface area contributed by atoms with Crippen molar-refractivity contribution < 1.29 is 0 Å². The van der Waals surface area contributed by atoms with E-state index in [0.29, 0.717) is 5.56 Å². The zero-order chi connectivity index (χ0) is 21.5. The van der Waals surface area contributed by atoms with E-state index in [2.05, 4.69) is 54.2 Å². The summed E-state index contributed by atoms with van der Waals surface area (Å²) in [6.07, 6.45) is 3.40. The van der Waals surface area contributed by atoms with Crippen LogP contribution in [-0.4, -0.2) is 62.7 Å². The SMILES string of the molecule is CNc1ncnc2c(C)c(N3CCN(Cc4cc5[nH]c(=O)c(C)cn5n4)CC3)ccc12. The zero-order valence-electron chi connectivity index (χ0n) is 18.0. The zero-order valence-corrected chi connectivity index (χ0v) is 18.0. The number of hydrogen-bond donors (Lipinski definition) is 2. The van der Waals surface area contributed by atoms with E-state index in [9.17, 15) is 4.79 Å². The number of nitrogens with one attached hydrogen (secondary N) is 2. The number of aromatic nitrogens is 5. The van der Waals surface area contributed by atoms with Gasteiger partial charge in [0.2, 0.25) is 0 Å². The molecule has 0 radical (unpaired) electrons. The lowest BCUT2D eigenvalue weighted by Gasteiger charge is -2.36. The molecule has 1 saturated heterocycles. The van der Waals surface area contributed by atoms with E-state index in [4.69, 9.17) is 0 Å². The summed E-state index contributed by atoms with van der Waals surface area (Å²) >= 11 is 0. The molecular weight excluding hydrogens is 392 g/mol. The first-order valence-electron chi connectivity index (χ1n) is 10.5.